The molecule has 0 radical (unpaired) electrons. The van der Waals surface area contributed by atoms with Crippen LogP contribution in [0.15, 0.2) is 0 Å². The number of aliphatic carboxylic acids is 1. The Hall–Kier alpha value is 0.570. The summed E-state index contributed by atoms with van der Waals surface area (Å²) >= 11 is 0. The number of hydrogen-bond acceptors (Lipinski definition) is 5. The monoisotopic (exact) mass is 433 g/mol. The van der Waals surface area contributed by atoms with Gasteiger partial charge in [-0.3, -0.25) is 14.4 Å². The Balaban J connectivity index is -0.000000563. The van der Waals surface area contributed by atoms with E-state index in [1.807, 2.05) is 0 Å². The van der Waals surface area contributed by atoms with Gasteiger partial charge in [0.1, 0.15) is 6.04 Å². The summed E-state index contributed by atoms with van der Waals surface area (Å²) in [6, 6.07) is -1.10. The summed E-state index contributed by atoms with van der Waals surface area (Å²) < 4.78 is 4.66. The molecule has 8 heteroatoms. The van der Waals surface area contributed by atoms with Crippen molar-refractivity contribution in [1.29, 1.82) is 0 Å². The molecule has 0 fully saturated rings. The van der Waals surface area contributed by atoms with E-state index in [9.17, 15) is 14.4 Å². The van der Waals surface area contributed by atoms with Crippen LogP contribution in [0.4, 0.5) is 0 Å². The minimum Gasteiger partial charge on any atom is -1.00 e. The van der Waals surface area contributed by atoms with E-state index >= 15 is 0 Å². The first kappa shape index (κ1) is 34.2. The van der Waals surface area contributed by atoms with Crippen molar-refractivity contribution >= 4 is 17.9 Å². The molecule has 0 rings (SSSR count). The Morgan fingerprint density at radius 3 is 1.55 bits per heavy atom. The average molecular weight is 434 g/mol. The summed E-state index contributed by atoms with van der Waals surface area (Å²) in [6.45, 7) is 2.24. The Morgan fingerprint density at radius 2 is 1.14 bits per heavy atom. The molecule has 29 heavy (non-hydrogen) atoms. The first-order valence-corrected chi connectivity index (χ1v) is 10.7. The number of nitrogens with two attached hydrogens (primary N) is 1. The van der Waals surface area contributed by atoms with Crippen molar-refractivity contribution in [3.05, 3.63) is 0 Å². The molecule has 0 saturated carbocycles. The molecule has 0 bridgehead atoms. The van der Waals surface area contributed by atoms with E-state index < -0.39 is 23.9 Å². The number of carbonyl (C=O) groups is 3. The molecule has 0 heterocycles. The van der Waals surface area contributed by atoms with Gasteiger partial charge in [-0.15, -0.1) is 0 Å². The molecule has 0 aliphatic carbocycles. The first-order valence-electron chi connectivity index (χ1n) is 10.7. The van der Waals surface area contributed by atoms with Crippen molar-refractivity contribution in [2.75, 3.05) is 0 Å². The minimum atomic E-state index is -1.17. The van der Waals surface area contributed by atoms with Gasteiger partial charge in [-0.2, -0.15) is 0 Å². The van der Waals surface area contributed by atoms with E-state index in [4.69, 9.17) is 10.8 Å². The Morgan fingerprint density at radius 1 is 0.759 bits per heavy atom. The van der Waals surface area contributed by atoms with Crippen LogP contribution in [0.5, 0.6) is 0 Å². The maximum Gasteiger partial charge on any atom is 1.00 e. The molecule has 0 aromatic rings. The standard InChI is InChI=1S/C21H39NO5.2Na.2H/c1-2-3-4-5-6-7-8-9-10-11-12-13-14-15-19(23)27-20(24)17-16-18(22)21(25)26;;;;/h18H,2-17,22H2,1H3,(H,25,26);;;;/q;2*+1;2*-1/t18-;;;;/m0..../s1. The SMILES string of the molecule is CCCCCCCCCCCCCCCC(=O)OC(=O)CC[C@H](N)C(=O)O.[H-].[H-].[Na+].[Na+]. The normalized spacial score (nSPS) is 11.1. The van der Waals surface area contributed by atoms with Crippen LogP contribution in [-0.2, 0) is 19.1 Å². The topological polar surface area (TPSA) is 107 Å². The van der Waals surface area contributed by atoms with Crippen molar-refractivity contribution in [3.8, 4) is 0 Å². The van der Waals surface area contributed by atoms with Crippen LogP contribution in [0.3, 0.4) is 0 Å². The molecule has 162 valence electrons. The molecule has 0 spiro atoms. The Labute approximate surface area is 224 Å². The fourth-order valence-electron chi connectivity index (χ4n) is 2.91. The van der Waals surface area contributed by atoms with E-state index in [1.165, 1.54) is 64.2 Å². The quantitative estimate of drug-likeness (QED) is 0.124. The fourth-order valence-corrected chi connectivity index (χ4v) is 2.91. The number of rotatable bonds is 18. The van der Waals surface area contributed by atoms with E-state index in [1.54, 1.807) is 0 Å². The van der Waals surface area contributed by atoms with Gasteiger partial charge in [0.05, 0.1) is 0 Å². The van der Waals surface area contributed by atoms with Crippen molar-refractivity contribution in [3.63, 3.8) is 0 Å². The number of carboxylic acids is 1. The van der Waals surface area contributed by atoms with E-state index in [-0.39, 0.29) is 81.2 Å². The van der Waals surface area contributed by atoms with E-state index in [2.05, 4.69) is 11.7 Å². The molecule has 0 aromatic carbocycles. The zero-order valence-corrected chi connectivity index (χ0v) is 23.0. The summed E-state index contributed by atoms with van der Waals surface area (Å²) in [5, 5.41) is 8.62. The zero-order chi connectivity index (χ0) is 20.3. The van der Waals surface area contributed by atoms with Gasteiger partial charge in [-0.05, 0) is 12.8 Å². The second-order valence-electron chi connectivity index (χ2n) is 7.32. The number of esters is 2. The zero-order valence-electron chi connectivity index (χ0n) is 21.0. The van der Waals surface area contributed by atoms with Gasteiger partial charge in [-0.25, -0.2) is 0 Å². The second kappa shape index (κ2) is 24.8. The van der Waals surface area contributed by atoms with Crippen LogP contribution in [-0.4, -0.2) is 29.1 Å². The molecule has 3 N–H and O–H groups in total. The molecule has 6 nitrogen and oxygen atoms in total. The molecule has 0 unspecified atom stereocenters. The second-order valence-corrected chi connectivity index (χ2v) is 7.32. The molecule has 0 saturated heterocycles. The number of ether oxygens (including phenoxy) is 1. The van der Waals surface area contributed by atoms with Crippen LogP contribution in [0, 0.1) is 0 Å². The van der Waals surface area contributed by atoms with Gasteiger partial charge in [0.25, 0.3) is 0 Å². The smallest absolute Gasteiger partial charge is 1.00 e. The van der Waals surface area contributed by atoms with Crippen LogP contribution < -0.4 is 64.8 Å². The van der Waals surface area contributed by atoms with Crippen LogP contribution >= 0.6 is 0 Å². The van der Waals surface area contributed by atoms with Crippen molar-refractivity contribution in [2.45, 2.75) is 116 Å². The number of carboxylic acid groups (broad SMARTS) is 1. The summed E-state index contributed by atoms with van der Waals surface area (Å²) in [7, 11) is 0. The third-order valence-corrected chi connectivity index (χ3v) is 4.69. The number of carbonyl (C=O) groups excluding carboxylic acids is 2. The fraction of sp³-hybridized carbons (Fsp3) is 0.857. The van der Waals surface area contributed by atoms with Gasteiger partial charge in [0.15, 0.2) is 0 Å². The summed E-state index contributed by atoms with van der Waals surface area (Å²) in [5.74, 6) is -2.40. The summed E-state index contributed by atoms with van der Waals surface area (Å²) in [5.41, 5.74) is 5.29. The number of unbranched alkanes of at least 4 members (excludes halogenated alkanes) is 12. The average Bonchev–Trinajstić information content (AvgIpc) is 2.63. The van der Waals surface area contributed by atoms with Gasteiger partial charge in [0, 0.05) is 12.8 Å². The Bertz CT molecular complexity index is 433. The summed E-state index contributed by atoms with van der Waals surface area (Å²) in [4.78, 5) is 33.5. The van der Waals surface area contributed by atoms with Gasteiger partial charge in [0.2, 0.25) is 0 Å². The van der Waals surface area contributed by atoms with Gasteiger partial charge in [-0.1, -0.05) is 84.0 Å². The van der Waals surface area contributed by atoms with Crippen LogP contribution in [0.25, 0.3) is 0 Å². The van der Waals surface area contributed by atoms with Crippen molar-refractivity contribution in [2.24, 2.45) is 5.73 Å². The molecule has 1 atom stereocenters. The van der Waals surface area contributed by atoms with Crippen LogP contribution in [0.2, 0.25) is 0 Å². The predicted octanol–water partition coefficient (Wildman–Crippen LogP) is -1.04. The third-order valence-electron chi connectivity index (χ3n) is 4.69. The molecular weight excluding hydrogens is 392 g/mol. The van der Waals surface area contributed by atoms with Crippen molar-refractivity contribution < 1.29 is 86.2 Å². The van der Waals surface area contributed by atoms with Gasteiger partial charge >= 0.3 is 77.0 Å². The minimum absolute atomic E-state index is 0. The molecule has 0 aliphatic rings. The summed E-state index contributed by atoms with van der Waals surface area (Å²) in [6.07, 6.45) is 16.0. The maximum atomic E-state index is 11.5. The predicted molar refractivity (Wildman–Crippen MR) is 108 cm³/mol. The third kappa shape index (κ3) is 24.7. The van der Waals surface area contributed by atoms with Crippen molar-refractivity contribution in [1.82, 2.24) is 0 Å². The first-order chi connectivity index (χ1) is 13.0. The van der Waals surface area contributed by atoms with E-state index in [0.717, 1.165) is 19.3 Å². The maximum absolute atomic E-state index is 11.5. The number of hydrogen-bond donors (Lipinski definition) is 2. The van der Waals surface area contributed by atoms with Gasteiger partial charge < -0.3 is 18.4 Å². The Kier molecular flexibility index (Phi) is 29.3. The molecule has 0 aromatic heterocycles. The van der Waals surface area contributed by atoms with Crippen LogP contribution in [0.1, 0.15) is 113 Å². The van der Waals surface area contributed by atoms with E-state index in [0.29, 0.717) is 0 Å². The molecule has 0 aliphatic heterocycles. The molecule has 0 amide bonds. The largest absolute Gasteiger partial charge is 1.00 e. The molecular formula is C21H41NNa2O5.